The fourth-order valence-corrected chi connectivity index (χ4v) is 8.37. The molecule has 0 radical (unpaired) electrons. The minimum atomic E-state index is 0.529. The fourth-order valence-electron chi connectivity index (χ4n) is 8.37. The molecule has 0 aliphatic rings. The highest BCUT2D eigenvalue weighted by Crippen LogP contribution is 2.42. The van der Waals surface area contributed by atoms with Crippen LogP contribution in [0.1, 0.15) is 0 Å². The van der Waals surface area contributed by atoms with E-state index in [9.17, 15) is 0 Å². The molecule has 0 N–H and O–H groups in total. The van der Waals surface area contributed by atoms with Crippen molar-refractivity contribution in [3.05, 3.63) is 200 Å². The molecule has 0 unspecified atom stereocenters. The van der Waals surface area contributed by atoms with E-state index < -0.39 is 0 Å². The third kappa shape index (κ3) is 6.11. The molecule has 12 aromatic rings. The molecule has 0 saturated heterocycles. The molecule has 0 fully saturated rings. The Kier molecular flexibility index (Phi) is 8.35. The summed E-state index contributed by atoms with van der Waals surface area (Å²) in [6, 6.07) is 67.7. The molecule has 12 rings (SSSR count). The zero-order valence-electron chi connectivity index (χ0n) is 33.1. The van der Waals surface area contributed by atoms with Crippen molar-refractivity contribution in [3.8, 4) is 79.1 Å². The second-order valence-corrected chi connectivity index (χ2v) is 15.2. The van der Waals surface area contributed by atoms with Gasteiger partial charge in [0.1, 0.15) is 16.7 Å². The number of hydrogen-bond donors (Lipinski definition) is 0. The first-order valence-electron chi connectivity index (χ1n) is 20.5. The Morgan fingerprint density at radius 1 is 0.290 bits per heavy atom. The van der Waals surface area contributed by atoms with E-state index in [-0.39, 0.29) is 0 Å². The van der Waals surface area contributed by atoms with E-state index in [0.717, 1.165) is 88.5 Å². The van der Waals surface area contributed by atoms with E-state index in [0.29, 0.717) is 34.6 Å². The first kappa shape index (κ1) is 35.4. The van der Waals surface area contributed by atoms with Gasteiger partial charge in [-0.2, -0.15) is 4.98 Å². The van der Waals surface area contributed by atoms with Crippen molar-refractivity contribution in [2.45, 2.75) is 0 Å². The van der Waals surface area contributed by atoms with Gasteiger partial charge in [-0.25, -0.2) is 19.9 Å². The second kappa shape index (κ2) is 14.6. The maximum Gasteiger partial charge on any atom is 0.231 e. The van der Waals surface area contributed by atoms with Gasteiger partial charge in [0.05, 0.1) is 16.6 Å². The van der Waals surface area contributed by atoms with Gasteiger partial charge in [-0.1, -0.05) is 182 Å². The highest BCUT2D eigenvalue weighted by molar-refractivity contribution is 6.15. The summed E-state index contributed by atoms with van der Waals surface area (Å²) in [5.74, 6) is 2.31. The number of furan rings is 2. The molecule has 62 heavy (non-hydrogen) atoms. The predicted octanol–water partition coefficient (Wildman–Crippen LogP) is 14.1. The van der Waals surface area contributed by atoms with E-state index in [1.165, 1.54) is 0 Å². The molecule has 0 aliphatic heterocycles. The number of para-hydroxylation sites is 2. The predicted molar refractivity (Wildman–Crippen MR) is 248 cm³/mol. The summed E-state index contributed by atoms with van der Waals surface area (Å²) in [5, 5.41) is 3.75. The van der Waals surface area contributed by atoms with Crippen LogP contribution >= 0.6 is 0 Å². The number of nitrogens with zero attached hydrogens (tertiary/aromatic N) is 5. The number of aromatic nitrogens is 5. The molecule has 4 heterocycles. The topological polar surface area (TPSA) is 90.7 Å². The standard InChI is InChI=1S/C55H33N5O2/c1-5-15-34(16-6-1)35-27-29-39(30-28-35)53-57-52(38-21-11-4-12-22-38)58-54(59-53)44-26-14-25-43-42-24-13-23-41(49(42)62-50(43)44)40-31-32-46-45(33-40)47-48(36-17-7-2-8-18-36)56-51(60-55(47)61-46)37-19-9-3-10-20-37/h1-33H. The fraction of sp³-hybridized carbons (Fsp3) is 0. The summed E-state index contributed by atoms with van der Waals surface area (Å²) in [7, 11) is 0. The lowest BCUT2D eigenvalue weighted by Crippen LogP contribution is -2.00. The van der Waals surface area contributed by atoms with Gasteiger partial charge in [-0.15, -0.1) is 0 Å². The lowest BCUT2D eigenvalue weighted by Gasteiger charge is -2.09. The summed E-state index contributed by atoms with van der Waals surface area (Å²) in [5.41, 5.74) is 12.2. The molecule has 0 spiro atoms. The van der Waals surface area contributed by atoms with E-state index >= 15 is 0 Å². The smallest absolute Gasteiger partial charge is 0.231 e. The third-order valence-corrected chi connectivity index (χ3v) is 11.4. The minimum Gasteiger partial charge on any atom is -0.455 e. The van der Waals surface area contributed by atoms with Gasteiger partial charge in [-0.3, -0.25) is 0 Å². The summed E-state index contributed by atoms with van der Waals surface area (Å²) < 4.78 is 13.5. The van der Waals surface area contributed by atoms with Gasteiger partial charge < -0.3 is 8.83 Å². The van der Waals surface area contributed by atoms with Crippen molar-refractivity contribution in [3.63, 3.8) is 0 Å². The van der Waals surface area contributed by atoms with Crippen molar-refractivity contribution in [2.75, 3.05) is 0 Å². The first-order valence-corrected chi connectivity index (χ1v) is 20.5. The van der Waals surface area contributed by atoms with Crippen LogP contribution in [0.15, 0.2) is 209 Å². The Morgan fingerprint density at radius 3 is 1.39 bits per heavy atom. The van der Waals surface area contributed by atoms with Crippen LogP contribution in [0.2, 0.25) is 0 Å². The van der Waals surface area contributed by atoms with E-state index in [4.69, 9.17) is 33.8 Å². The van der Waals surface area contributed by atoms with Crippen molar-refractivity contribution in [1.82, 2.24) is 24.9 Å². The molecule has 0 bridgehead atoms. The minimum absolute atomic E-state index is 0.529. The Hall–Kier alpha value is -8.55. The van der Waals surface area contributed by atoms with Crippen molar-refractivity contribution in [2.24, 2.45) is 0 Å². The van der Waals surface area contributed by atoms with Crippen LogP contribution in [0, 0.1) is 0 Å². The normalized spacial score (nSPS) is 11.5. The monoisotopic (exact) mass is 795 g/mol. The SMILES string of the molecule is c1ccc(-c2ccc(-c3nc(-c4ccccc4)nc(-c4cccc5c4oc4c(-c6ccc7oc8nc(-c9ccccc9)nc(-c9ccccc9)c8c7c6)cccc45)n3)cc2)cc1. The number of fused-ring (bicyclic) bond motifs is 6. The van der Waals surface area contributed by atoms with Crippen LogP contribution < -0.4 is 0 Å². The van der Waals surface area contributed by atoms with Crippen LogP contribution in [0.25, 0.3) is 123 Å². The molecule has 8 aromatic carbocycles. The lowest BCUT2D eigenvalue weighted by atomic mass is 9.99. The highest BCUT2D eigenvalue weighted by Gasteiger charge is 2.22. The van der Waals surface area contributed by atoms with Crippen LogP contribution in [0.5, 0.6) is 0 Å². The quantitative estimate of drug-likeness (QED) is 0.159. The van der Waals surface area contributed by atoms with Gasteiger partial charge in [-0.05, 0) is 34.9 Å². The highest BCUT2D eigenvalue weighted by atomic mass is 16.3. The molecule has 4 aromatic heterocycles. The van der Waals surface area contributed by atoms with Crippen molar-refractivity contribution >= 4 is 44.0 Å². The van der Waals surface area contributed by atoms with Gasteiger partial charge >= 0.3 is 0 Å². The van der Waals surface area contributed by atoms with Crippen molar-refractivity contribution < 1.29 is 8.83 Å². The van der Waals surface area contributed by atoms with Crippen LogP contribution in [-0.4, -0.2) is 24.9 Å². The summed E-state index contributed by atoms with van der Waals surface area (Å²) in [6.45, 7) is 0. The zero-order valence-corrected chi connectivity index (χ0v) is 33.1. The molecule has 0 saturated carbocycles. The van der Waals surface area contributed by atoms with Gasteiger partial charge in [0, 0.05) is 44.0 Å². The Balaban J connectivity index is 1.01. The average Bonchev–Trinajstić information content (AvgIpc) is 3.93. The van der Waals surface area contributed by atoms with E-state index in [1.807, 2.05) is 115 Å². The third-order valence-electron chi connectivity index (χ3n) is 11.4. The molecule has 7 nitrogen and oxygen atoms in total. The van der Waals surface area contributed by atoms with Gasteiger partial charge in [0.2, 0.25) is 5.71 Å². The zero-order chi connectivity index (χ0) is 41.0. The molecular formula is C55H33N5O2. The number of rotatable bonds is 7. The average molecular weight is 796 g/mol. The molecule has 290 valence electrons. The maximum atomic E-state index is 6.97. The Morgan fingerprint density at radius 2 is 0.758 bits per heavy atom. The Labute approximate surface area is 355 Å². The van der Waals surface area contributed by atoms with E-state index in [1.54, 1.807) is 0 Å². The summed E-state index contributed by atoms with van der Waals surface area (Å²) >= 11 is 0. The second-order valence-electron chi connectivity index (χ2n) is 15.2. The first-order chi connectivity index (χ1) is 30.7. The molecular weight excluding hydrogens is 763 g/mol. The number of benzene rings is 8. The summed E-state index contributed by atoms with van der Waals surface area (Å²) in [4.78, 5) is 25.3. The lowest BCUT2D eigenvalue weighted by molar-refractivity contribution is 0.653. The van der Waals surface area contributed by atoms with Crippen LogP contribution in [-0.2, 0) is 0 Å². The molecule has 0 amide bonds. The molecule has 0 aliphatic carbocycles. The summed E-state index contributed by atoms with van der Waals surface area (Å²) in [6.07, 6.45) is 0. The van der Waals surface area contributed by atoms with Crippen molar-refractivity contribution in [1.29, 1.82) is 0 Å². The van der Waals surface area contributed by atoms with Crippen LogP contribution in [0.4, 0.5) is 0 Å². The van der Waals surface area contributed by atoms with E-state index in [2.05, 4.69) is 84.9 Å². The van der Waals surface area contributed by atoms with Crippen LogP contribution in [0.3, 0.4) is 0 Å². The van der Waals surface area contributed by atoms with Gasteiger partial charge in [0.15, 0.2) is 23.3 Å². The Bertz CT molecular complexity index is 3610. The number of hydrogen-bond acceptors (Lipinski definition) is 7. The molecule has 7 heteroatoms. The molecule has 0 atom stereocenters. The van der Waals surface area contributed by atoms with Gasteiger partial charge in [0.25, 0.3) is 0 Å². The largest absolute Gasteiger partial charge is 0.455 e. The maximum absolute atomic E-state index is 6.97.